The predicted molar refractivity (Wildman–Crippen MR) is 68.7 cm³/mol. The predicted octanol–water partition coefficient (Wildman–Crippen LogP) is 1.73. The fourth-order valence-electron chi connectivity index (χ4n) is 2.32. The van der Waals surface area contributed by atoms with Crippen molar-refractivity contribution in [3.63, 3.8) is 0 Å². The van der Waals surface area contributed by atoms with E-state index in [9.17, 15) is 0 Å². The highest BCUT2D eigenvalue weighted by Gasteiger charge is 2.32. The molecule has 0 aromatic rings. The molecule has 4 unspecified atom stereocenters. The third kappa shape index (κ3) is 3.44. The Morgan fingerprint density at radius 3 is 2.25 bits per heavy atom. The molecule has 3 heteroatoms. The minimum Gasteiger partial charge on any atom is -0.380 e. The van der Waals surface area contributed by atoms with Crippen molar-refractivity contribution in [2.24, 2.45) is 5.92 Å². The van der Waals surface area contributed by atoms with Gasteiger partial charge in [0.1, 0.15) is 0 Å². The molecule has 1 rings (SSSR count). The normalized spacial score (nSPS) is 30.9. The fraction of sp³-hybridized carbons (Fsp3) is 1.00. The molecule has 1 fully saturated rings. The van der Waals surface area contributed by atoms with Gasteiger partial charge in [0, 0.05) is 38.3 Å². The summed E-state index contributed by atoms with van der Waals surface area (Å²) in [6.07, 6.45) is 0.278. The number of hydrogen-bond donors (Lipinski definition) is 1. The van der Waals surface area contributed by atoms with E-state index in [-0.39, 0.29) is 6.10 Å². The summed E-state index contributed by atoms with van der Waals surface area (Å²) in [7, 11) is 1.78. The highest BCUT2D eigenvalue weighted by molar-refractivity contribution is 4.90. The van der Waals surface area contributed by atoms with Crippen LogP contribution < -0.4 is 5.32 Å². The molecule has 0 aromatic heterocycles. The Bertz CT molecular complexity index is 208. The lowest BCUT2D eigenvalue weighted by Gasteiger charge is -2.26. The van der Waals surface area contributed by atoms with Crippen LogP contribution in [0.5, 0.6) is 0 Å². The zero-order chi connectivity index (χ0) is 12.3. The molecule has 0 aliphatic carbocycles. The second-order valence-corrected chi connectivity index (χ2v) is 5.53. The standard InChI is InChI=1S/C13H28N2O/c1-9(2)15-7-10(3)13(8-15)14-11(4)12(5)16-6/h9-14H,7-8H2,1-6H3. The van der Waals surface area contributed by atoms with Gasteiger partial charge in [0.15, 0.2) is 0 Å². The number of nitrogens with one attached hydrogen (secondary N) is 1. The first-order chi connectivity index (χ1) is 7.45. The van der Waals surface area contributed by atoms with Gasteiger partial charge in [-0.15, -0.1) is 0 Å². The third-order valence-corrected chi connectivity index (χ3v) is 3.92. The van der Waals surface area contributed by atoms with Crippen molar-refractivity contribution >= 4 is 0 Å². The molecular formula is C13H28N2O. The van der Waals surface area contributed by atoms with Gasteiger partial charge in [-0.25, -0.2) is 0 Å². The highest BCUT2D eigenvalue weighted by Crippen LogP contribution is 2.19. The maximum absolute atomic E-state index is 5.36. The van der Waals surface area contributed by atoms with E-state index >= 15 is 0 Å². The van der Waals surface area contributed by atoms with Crippen LogP contribution in [0.25, 0.3) is 0 Å². The Labute approximate surface area is 101 Å². The minimum absolute atomic E-state index is 0.278. The average Bonchev–Trinajstić information content (AvgIpc) is 2.59. The number of rotatable bonds is 5. The summed E-state index contributed by atoms with van der Waals surface area (Å²) in [5, 5.41) is 3.70. The van der Waals surface area contributed by atoms with E-state index in [1.165, 1.54) is 13.1 Å². The molecule has 0 aromatic carbocycles. The molecule has 0 amide bonds. The molecule has 4 atom stereocenters. The van der Waals surface area contributed by atoms with Gasteiger partial charge in [-0.1, -0.05) is 6.92 Å². The van der Waals surface area contributed by atoms with E-state index < -0.39 is 0 Å². The van der Waals surface area contributed by atoms with Crippen LogP contribution in [-0.4, -0.2) is 49.3 Å². The first kappa shape index (κ1) is 13.9. The van der Waals surface area contributed by atoms with Crippen LogP contribution in [-0.2, 0) is 4.74 Å². The summed E-state index contributed by atoms with van der Waals surface area (Å²) in [6, 6.07) is 1.68. The molecular weight excluding hydrogens is 200 g/mol. The highest BCUT2D eigenvalue weighted by atomic mass is 16.5. The van der Waals surface area contributed by atoms with Crippen molar-refractivity contribution in [2.75, 3.05) is 20.2 Å². The molecule has 1 N–H and O–H groups in total. The lowest BCUT2D eigenvalue weighted by Crippen LogP contribution is -2.46. The van der Waals surface area contributed by atoms with Crippen molar-refractivity contribution in [2.45, 2.75) is 58.8 Å². The van der Waals surface area contributed by atoms with Gasteiger partial charge in [0.2, 0.25) is 0 Å². The molecule has 0 radical (unpaired) electrons. The zero-order valence-corrected chi connectivity index (χ0v) is 11.7. The smallest absolute Gasteiger partial charge is 0.0693 e. The van der Waals surface area contributed by atoms with Crippen LogP contribution >= 0.6 is 0 Å². The molecule has 3 nitrogen and oxygen atoms in total. The second kappa shape index (κ2) is 5.99. The van der Waals surface area contributed by atoms with Gasteiger partial charge >= 0.3 is 0 Å². The molecule has 1 aliphatic heterocycles. The molecule has 0 spiro atoms. The quantitative estimate of drug-likeness (QED) is 0.775. The molecule has 1 aliphatic rings. The minimum atomic E-state index is 0.278. The lowest BCUT2D eigenvalue weighted by atomic mass is 10.0. The first-order valence-electron chi connectivity index (χ1n) is 6.48. The Hall–Kier alpha value is -0.120. The fourth-order valence-corrected chi connectivity index (χ4v) is 2.32. The van der Waals surface area contributed by atoms with Crippen molar-refractivity contribution in [3.8, 4) is 0 Å². The Morgan fingerprint density at radius 1 is 1.19 bits per heavy atom. The van der Waals surface area contributed by atoms with Crippen LogP contribution in [0, 0.1) is 5.92 Å². The van der Waals surface area contributed by atoms with Crippen molar-refractivity contribution in [3.05, 3.63) is 0 Å². The summed E-state index contributed by atoms with van der Waals surface area (Å²) < 4.78 is 5.36. The Morgan fingerprint density at radius 2 is 1.81 bits per heavy atom. The summed E-state index contributed by atoms with van der Waals surface area (Å²) in [6.45, 7) is 13.6. The van der Waals surface area contributed by atoms with Gasteiger partial charge in [-0.2, -0.15) is 0 Å². The van der Waals surface area contributed by atoms with E-state index in [1.807, 2.05) is 0 Å². The maximum Gasteiger partial charge on any atom is 0.0693 e. The number of nitrogens with zero attached hydrogens (tertiary/aromatic N) is 1. The first-order valence-corrected chi connectivity index (χ1v) is 6.48. The summed E-state index contributed by atoms with van der Waals surface area (Å²) in [5.74, 6) is 0.730. The van der Waals surface area contributed by atoms with Crippen LogP contribution in [0.15, 0.2) is 0 Å². The molecule has 0 saturated carbocycles. The molecule has 16 heavy (non-hydrogen) atoms. The molecule has 1 saturated heterocycles. The van der Waals surface area contributed by atoms with Crippen LogP contribution in [0.1, 0.15) is 34.6 Å². The number of hydrogen-bond acceptors (Lipinski definition) is 3. The van der Waals surface area contributed by atoms with Crippen LogP contribution in [0.4, 0.5) is 0 Å². The Kier molecular flexibility index (Phi) is 5.22. The molecule has 1 heterocycles. The lowest BCUT2D eigenvalue weighted by molar-refractivity contribution is 0.0829. The van der Waals surface area contributed by atoms with Gasteiger partial charge in [0.25, 0.3) is 0 Å². The van der Waals surface area contributed by atoms with Crippen molar-refractivity contribution in [1.29, 1.82) is 0 Å². The van der Waals surface area contributed by atoms with E-state index in [0.717, 1.165) is 5.92 Å². The van der Waals surface area contributed by atoms with E-state index in [0.29, 0.717) is 18.1 Å². The van der Waals surface area contributed by atoms with Crippen molar-refractivity contribution in [1.82, 2.24) is 10.2 Å². The van der Waals surface area contributed by atoms with Crippen LogP contribution in [0.2, 0.25) is 0 Å². The largest absolute Gasteiger partial charge is 0.380 e. The van der Waals surface area contributed by atoms with Gasteiger partial charge in [-0.05, 0) is 33.6 Å². The zero-order valence-electron chi connectivity index (χ0n) is 11.7. The average molecular weight is 228 g/mol. The van der Waals surface area contributed by atoms with E-state index in [2.05, 4.69) is 44.8 Å². The Balaban J connectivity index is 2.43. The summed E-state index contributed by atoms with van der Waals surface area (Å²) in [4.78, 5) is 2.55. The number of methoxy groups -OCH3 is 1. The topological polar surface area (TPSA) is 24.5 Å². The van der Waals surface area contributed by atoms with E-state index in [1.54, 1.807) is 7.11 Å². The van der Waals surface area contributed by atoms with Crippen molar-refractivity contribution < 1.29 is 4.74 Å². The second-order valence-electron chi connectivity index (χ2n) is 5.53. The monoisotopic (exact) mass is 228 g/mol. The SMILES string of the molecule is COC(C)C(C)NC1CN(C(C)C)CC1C. The summed E-state index contributed by atoms with van der Waals surface area (Å²) in [5.41, 5.74) is 0. The third-order valence-electron chi connectivity index (χ3n) is 3.92. The number of ether oxygens (including phenoxy) is 1. The van der Waals surface area contributed by atoms with Gasteiger partial charge < -0.3 is 10.1 Å². The van der Waals surface area contributed by atoms with E-state index in [4.69, 9.17) is 4.74 Å². The van der Waals surface area contributed by atoms with Crippen LogP contribution in [0.3, 0.4) is 0 Å². The number of likely N-dealkylation sites (tertiary alicyclic amines) is 1. The van der Waals surface area contributed by atoms with Gasteiger partial charge in [-0.3, -0.25) is 4.90 Å². The molecule has 96 valence electrons. The molecule has 0 bridgehead atoms. The summed E-state index contributed by atoms with van der Waals surface area (Å²) >= 11 is 0. The maximum atomic E-state index is 5.36. The van der Waals surface area contributed by atoms with Gasteiger partial charge in [0.05, 0.1) is 6.10 Å².